The molecule has 1 rings (SSSR count). The molecule has 3 nitrogen and oxygen atoms in total. The van der Waals surface area contributed by atoms with Gasteiger partial charge in [-0.1, -0.05) is 47.0 Å². The van der Waals surface area contributed by atoms with Crippen molar-refractivity contribution in [1.82, 2.24) is 0 Å². The van der Waals surface area contributed by atoms with Crippen LogP contribution >= 0.6 is 0 Å². The molecule has 2 atom stereocenters. The summed E-state index contributed by atoms with van der Waals surface area (Å²) < 4.78 is 10.9. The fourth-order valence-corrected chi connectivity index (χ4v) is 2.93. The third kappa shape index (κ3) is 4.90. The standard InChI is InChI=1S/C18H30O3/c1-6-9-10-14(4)12-18(8-3)13-15(7-2)16(21-18)11-17(19)20-5/h11,13-14H,6-10,12H2,1-5H3/b16-11-/t14-,18-/m0/s1. The van der Waals surface area contributed by atoms with Gasteiger partial charge in [0.05, 0.1) is 13.2 Å². The number of ether oxygens (including phenoxy) is 2. The van der Waals surface area contributed by atoms with Crippen LogP contribution in [0, 0.1) is 5.92 Å². The zero-order valence-electron chi connectivity index (χ0n) is 14.2. The van der Waals surface area contributed by atoms with E-state index in [1.807, 2.05) is 0 Å². The number of unbranched alkanes of at least 4 members (excludes halogenated alkanes) is 1. The Morgan fingerprint density at radius 2 is 2.14 bits per heavy atom. The van der Waals surface area contributed by atoms with Crippen molar-refractivity contribution in [3.63, 3.8) is 0 Å². The number of allylic oxidation sites excluding steroid dienone is 1. The number of carbonyl (C=O) groups is 1. The van der Waals surface area contributed by atoms with Gasteiger partial charge in [0.2, 0.25) is 0 Å². The minimum Gasteiger partial charge on any atom is -0.483 e. The monoisotopic (exact) mass is 294 g/mol. The predicted octanol–water partition coefficient (Wildman–Crippen LogP) is 4.78. The molecule has 0 aromatic heterocycles. The minimum absolute atomic E-state index is 0.252. The lowest BCUT2D eigenvalue weighted by Crippen LogP contribution is -2.28. The largest absolute Gasteiger partial charge is 0.483 e. The Labute approximate surface area is 129 Å². The van der Waals surface area contributed by atoms with Crippen LogP contribution < -0.4 is 0 Å². The third-order valence-corrected chi connectivity index (χ3v) is 4.24. The predicted molar refractivity (Wildman–Crippen MR) is 85.9 cm³/mol. The van der Waals surface area contributed by atoms with E-state index in [1.165, 1.54) is 32.4 Å². The molecule has 1 aliphatic heterocycles. The van der Waals surface area contributed by atoms with Crippen LogP contribution in [-0.4, -0.2) is 18.7 Å². The molecule has 21 heavy (non-hydrogen) atoms. The Kier molecular flexibility index (Phi) is 7.00. The fourth-order valence-electron chi connectivity index (χ4n) is 2.93. The summed E-state index contributed by atoms with van der Waals surface area (Å²) in [5, 5.41) is 0. The Morgan fingerprint density at radius 1 is 1.43 bits per heavy atom. The maximum atomic E-state index is 11.5. The van der Waals surface area contributed by atoms with Crippen molar-refractivity contribution in [3.8, 4) is 0 Å². The second-order valence-corrected chi connectivity index (χ2v) is 6.03. The van der Waals surface area contributed by atoms with Gasteiger partial charge in [0.15, 0.2) is 0 Å². The molecule has 0 aliphatic carbocycles. The summed E-state index contributed by atoms with van der Waals surface area (Å²) in [5.41, 5.74) is 0.864. The highest BCUT2D eigenvalue weighted by Crippen LogP contribution is 2.40. The van der Waals surface area contributed by atoms with Gasteiger partial charge in [-0.3, -0.25) is 0 Å². The average molecular weight is 294 g/mol. The molecule has 0 saturated heterocycles. The Balaban J connectivity index is 2.86. The van der Waals surface area contributed by atoms with E-state index in [2.05, 4.69) is 33.8 Å². The topological polar surface area (TPSA) is 35.5 Å². The molecule has 3 heteroatoms. The lowest BCUT2D eigenvalue weighted by molar-refractivity contribution is -0.135. The first-order chi connectivity index (χ1) is 10.00. The van der Waals surface area contributed by atoms with Crippen molar-refractivity contribution in [2.45, 2.75) is 71.8 Å². The first-order valence-electron chi connectivity index (χ1n) is 8.21. The van der Waals surface area contributed by atoms with Gasteiger partial charge in [-0.15, -0.1) is 0 Å². The van der Waals surface area contributed by atoms with Crippen molar-refractivity contribution in [2.24, 2.45) is 5.92 Å². The molecule has 0 aromatic rings. The number of esters is 1. The summed E-state index contributed by atoms with van der Waals surface area (Å²) >= 11 is 0. The highest BCUT2D eigenvalue weighted by molar-refractivity contribution is 5.83. The molecule has 1 aliphatic rings. The van der Waals surface area contributed by atoms with Crippen LogP contribution in [0.3, 0.4) is 0 Å². The number of rotatable bonds is 8. The Morgan fingerprint density at radius 3 is 2.67 bits per heavy atom. The molecule has 0 spiro atoms. The summed E-state index contributed by atoms with van der Waals surface area (Å²) in [4.78, 5) is 11.5. The average Bonchev–Trinajstić information content (AvgIpc) is 2.83. The third-order valence-electron chi connectivity index (χ3n) is 4.24. The molecule has 0 amide bonds. The van der Waals surface area contributed by atoms with Gasteiger partial charge in [0.1, 0.15) is 11.4 Å². The van der Waals surface area contributed by atoms with E-state index >= 15 is 0 Å². The number of carbonyl (C=O) groups excluding carboxylic acids is 1. The first kappa shape index (κ1) is 17.8. The molecule has 0 N–H and O–H groups in total. The minimum atomic E-state index is -0.352. The highest BCUT2D eigenvalue weighted by atomic mass is 16.5. The SMILES string of the molecule is CCCC[C@H](C)C[C@@]1(CC)C=C(CC)/C(=C/C(=O)OC)O1. The van der Waals surface area contributed by atoms with Crippen molar-refractivity contribution in [2.75, 3.05) is 7.11 Å². The zero-order chi connectivity index (χ0) is 15.9. The summed E-state index contributed by atoms with van der Waals surface area (Å²) in [7, 11) is 1.39. The molecular weight excluding hydrogens is 264 g/mol. The van der Waals surface area contributed by atoms with Gasteiger partial charge in [-0.05, 0) is 36.8 Å². The molecular formula is C18H30O3. The van der Waals surface area contributed by atoms with Gasteiger partial charge >= 0.3 is 5.97 Å². The van der Waals surface area contributed by atoms with Crippen LogP contribution in [0.15, 0.2) is 23.5 Å². The summed E-state index contributed by atoms with van der Waals surface area (Å²) in [6, 6.07) is 0. The van der Waals surface area contributed by atoms with Crippen molar-refractivity contribution >= 4 is 5.97 Å². The molecule has 0 fully saturated rings. The lowest BCUT2D eigenvalue weighted by atomic mass is 9.86. The Bertz CT molecular complexity index is 409. The smallest absolute Gasteiger partial charge is 0.334 e. The summed E-state index contributed by atoms with van der Waals surface area (Å²) in [5.74, 6) is 0.959. The number of hydrogen-bond acceptors (Lipinski definition) is 3. The molecule has 0 bridgehead atoms. The van der Waals surface area contributed by atoms with Gasteiger partial charge in [-0.25, -0.2) is 4.79 Å². The van der Waals surface area contributed by atoms with Crippen molar-refractivity contribution < 1.29 is 14.3 Å². The van der Waals surface area contributed by atoms with E-state index in [-0.39, 0.29) is 11.6 Å². The van der Waals surface area contributed by atoms with E-state index in [4.69, 9.17) is 9.47 Å². The van der Waals surface area contributed by atoms with Crippen molar-refractivity contribution in [3.05, 3.63) is 23.5 Å². The first-order valence-corrected chi connectivity index (χ1v) is 8.21. The summed E-state index contributed by atoms with van der Waals surface area (Å²) in [6.45, 7) is 8.75. The molecule has 0 aromatic carbocycles. The molecule has 1 heterocycles. The van der Waals surface area contributed by atoms with Crippen LogP contribution in [-0.2, 0) is 14.3 Å². The molecule has 120 valence electrons. The van der Waals surface area contributed by atoms with Crippen LogP contribution in [0.1, 0.15) is 66.2 Å². The van der Waals surface area contributed by atoms with Crippen molar-refractivity contribution in [1.29, 1.82) is 0 Å². The quantitative estimate of drug-likeness (QED) is 0.477. The van der Waals surface area contributed by atoms with E-state index in [1.54, 1.807) is 0 Å². The van der Waals surface area contributed by atoms with Gasteiger partial charge in [0.25, 0.3) is 0 Å². The van der Waals surface area contributed by atoms with Crippen LogP contribution in [0.25, 0.3) is 0 Å². The fraction of sp³-hybridized carbons (Fsp3) is 0.722. The number of methoxy groups -OCH3 is 1. The molecule has 0 saturated carbocycles. The normalized spacial score (nSPS) is 24.6. The number of hydrogen-bond donors (Lipinski definition) is 0. The molecule has 0 unspecified atom stereocenters. The maximum Gasteiger partial charge on any atom is 0.334 e. The van der Waals surface area contributed by atoms with E-state index < -0.39 is 0 Å². The van der Waals surface area contributed by atoms with Gasteiger partial charge in [-0.2, -0.15) is 0 Å². The van der Waals surface area contributed by atoms with E-state index in [0.29, 0.717) is 11.7 Å². The second-order valence-electron chi connectivity index (χ2n) is 6.03. The van der Waals surface area contributed by atoms with Crippen LogP contribution in [0.5, 0.6) is 0 Å². The second kappa shape index (κ2) is 8.26. The van der Waals surface area contributed by atoms with Crippen LogP contribution in [0.4, 0.5) is 0 Å². The van der Waals surface area contributed by atoms with Crippen LogP contribution in [0.2, 0.25) is 0 Å². The maximum absolute atomic E-state index is 11.5. The zero-order valence-corrected chi connectivity index (χ0v) is 14.2. The van der Waals surface area contributed by atoms with Gasteiger partial charge in [0, 0.05) is 0 Å². The highest BCUT2D eigenvalue weighted by Gasteiger charge is 2.37. The lowest BCUT2D eigenvalue weighted by Gasteiger charge is -2.29. The summed E-state index contributed by atoms with van der Waals surface area (Å²) in [6.07, 6.45) is 10.2. The van der Waals surface area contributed by atoms with Gasteiger partial charge < -0.3 is 9.47 Å². The van der Waals surface area contributed by atoms with E-state index in [0.717, 1.165) is 24.8 Å². The molecule has 0 radical (unpaired) electrons. The van der Waals surface area contributed by atoms with E-state index in [9.17, 15) is 4.79 Å². The Hall–Kier alpha value is -1.25.